The van der Waals surface area contributed by atoms with E-state index in [4.69, 9.17) is 0 Å². The first kappa shape index (κ1) is 11.0. The number of hydrogen-bond donors (Lipinski definition) is 0. The largest absolute Gasteiger partial charge is 0.298 e. The second kappa shape index (κ2) is 6.42. The minimum atomic E-state index is 0.867. The van der Waals surface area contributed by atoms with Crippen molar-refractivity contribution >= 4 is 0 Å². The Morgan fingerprint density at radius 2 is 1.62 bits per heavy atom. The van der Waals surface area contributed by atoms with Crippen molar-refractivity contribution in [3.05, 3.63) is 0 Å². The van der Waals surface area contributed by atoms with Gasteiger partial charge in [-0.2, -0.15) is 0 Å². The van der Waals surface area contributed by atoms with Crippen LogP contribution >= 0.6 is 0 Å². The number of hydrogen-bond acceptors (Lipinski definition) is 1. The van der Waals surface area contributed by atoms with Crippen molar-refractivity contribution in [1.82, 2.24) is 4.90 Å². The summed E-state index contributed by atoms with van der Waals surface area (Å²) in [5, 5.41) is 0. The Morgan fingerprint density at radius 3 is 2.23 bits per heavy atom. The van der Waals surface area contributed by atoms with Crippen LogP contribution in [0.2, 0.25) is 0 Å². The molecular weight excluding hydrogens is 158 g/mol. The van der Waals surface area contributed by atoms with Crippen LogP contribution in [-0.2, 0) is 0 Å². The van der Waals surface area contributed by atoms with Crippen LogP contribution in [0.5, 0.6) is 0 Å². The third-order valence-electron chi connectivity index (χ3n) is 3.08. The van der Waals surface area contributed by atoms with Crippen molar-refractivity contribution in [3.63, 3.8) is 0 Å². The van der Waals surface area contributed by atoms with Crippen LogP contribution in [0.3, 0.4) is 0 Å². The predicted molar refractivity (Wildman–Crippen MR) is 59.0 cm³/mol. The molecule has 1 heteroatoms. The Bertz CT molecular complexity index is 118. The first-order valence-corrected chi connectivity index (χ1v) is 6.08. The van der Waals surface area contributed by atoms with Gasteiger partial charge < -0.3 is 0 Å². The molecule has 0 aromatic carbocycles. The molecule has 1 atom stereocenters. The highest BCUT2D eigenvalue weighted by Gasteiger charge is 2.22. The fourth-order valence-corrected chi connectivity index (χ4v) is 1.90. The smallest absolute Gasteiger partial charge is 0.0113 e. The summed E-state index contributed by atoms with van der Waals surface area (Å²) >= 11 is 0. The van der Waals surface area contributed by atoms with E-state index in [1.807, 2.05) is 0 Å². The zero-order valence-electron chi connectivity index (χ0n) is 9.39. The zero-order chi connectivity index (χ0) is 9.52. The van der Waals surface area contributed by atoms with Gasteiger partial charge in [0.05, 0.1) is 0 Å². The van der Waals surface area contributed by atoms with E-state index in [9.17, 15) is 0 Å². The van der Waals surface area contributed by atoms with Gasteiger partial charge in [0.2, 0.25) is 0 Å². The lowest BCUT2D eigenvalue weighted by Gasteiger charge is -2.11. The first-order chi connectivity index (χ1) is 6.34. The van der Waals surface area contributed by atoms with Gasteiger partial charge in [0, 0.05) is 19.1 Å². The van der Waals surface area contributed by atoms with Gasteiger partial charge in [0.1, 0.15) is 0 Å². The van der Waals surface area contributed by atoms with E-state index in [2.05, 4.69) is 18.7 Å². The normalized spacial score (nSPS) is 18.9. The minimum absolute atomic E-state index is 0.867. The molecule has 1 heterocycles. The molecule has 0 aromatic heterocycles. The Hall–Kier alpha value is -0.0400. The molecule has 1 saturated heterocycles. The second-order valence-corrected chi connectivity index (χ2v) is 4.44. The molecule has 0 N–H and O–H groups in total. The minimum Gasteiger partial charge on any atom is -0.298 e. The SMILES string of the molecule is CCCCCCCCC(C)N1CC1. The summed E-state index contributed by atoms with van der Waals surface area (Å²) in [6, 6.07) is 0.867. The topological polar surface area (TPSA) is 3.01 Å². The van der Waals surface area contributed by atoms with Crippen molar-refractivity contribution in [2.24, 2.45) is 0 Å². The Morgan fingerprint density at radius 1 is 1.00 bits per heavy atom. The van der Waals surface area contributed by atoms with Crippen LogP contribution in [-0.4, -0.2) is 24.0 Å². The molecule has 13 heavy (non-hydrogen) atoms. The lowest BCUT2D eigenvalue weighted by Crippen LogP contribution is -2.13. The summed E-state index contributed by atoms with van der Waals surface area (Å²) < 4.78 is 0. The maximum Gasteiger partial charge on any atom is 0.0113 e. The molecule has 0 radical (unpaired) electrons. The first-order valence-electron chi connectivity index (χ1n) is 6.08. The summed E-state index contributed by atoms with van der Waals surface area (Å²) in [5.74, 6) is 0. The van der Waals surface area contributed by atoms with Crippen LogP contribution in [0.25, 0.3) is 0 Å². The summed E-state index contributed by atoms with van der Waals surface area (Å²) in [6.45, 7) is 7.37. The molecule has 0 spiro atoms. The third kappa shape index (κ3) is 5.30. The van der Waals surface area contributed by atoms with Crippen molar-refractivity contribution in [2.45, 2.75) is 64.8 Å². The fourth-order valence-electron chi connectivity index (χ4n) is 1.90. The van der Waals surface area contributed by atoms with E-state index in [1.165, 1.54) is 58.0 Å². The average Bonchev–Trinajstić information content (AvgIpc) is 2.93. The molecule has 1 rings (SSSR count). The average molecular weight is 183 g/mol. The van der Waals surface area contributed by atoms with Gasteiger partial charge in [0.25, 0.3) is 0 Å². The lowest BCUT2D eigenvalue weighted by molar-refractivity contribution is 0.387. The lowest BCUT2D eigenvalue weighted by atomic mass is 10.1. The maximum absolute atomic E-state index is 2.56. The predicted octanol–water partition coefficient (Wildman–Crippen LogP) is 3.44. The highest BCUT2D eigenvalue weighted by Crippen LogP contribution is 2.16. The molecule has 1 aliphatic rings. The van der Waals surface area contributed by atoms with Crippen LogP contribution in [0, 0.1) is 0 Å². The van der Waals surface area contributed by atoms with Crippen LogP contribution in [0.1, 0.15) is 58.8 Å². The van der Waals surface area contributed by atoms with Gasteiger partial charge in [-0.25, -0.2) is 0 Å². The van der Waals surface area contributed by atoms with Gasteiger partial charge in [-0.15, -0.1) is 0 Å². The highest BCUT2D eigenvalue weighted by molar-refractivity contribution is 4.78. The van der Waals surface area contributed by atoms with Gasteiger partial charge >= 0.3 is 0 Å². The monoisotopic (exact) mass is 183 g/mol. The van der Waals surface area contributed by atoms with E-state index in [-0.39, 0.29) is 0 Å². The van der Waals surface area contributed by atoms with Gasteiger partial charge in [-0.3, -0.25) is 4.90 Å². The summed E-state index contributed by atoms with van der Waals surface area (Å²) in [7, 11) is 0. The van der Waals surface area contributed by atoms with Crippen LogP contribution in [0.15, 0.2) is 0 Å². The van der Waals surface area contributed by atoms with E-state index in [0.29, 0.717) is 0 Å². The van der Waals surface area contributed by atoms with Crippen LogP contribution < -0.4 is 0 Å². The molecule has 78 valence electrons. The van der Waals surface area contributed by atoms with Crippen molar-refractivity contribution in [2.75, 3.05) is 13.1 Å². The second-order valence-electron chi connectivity index (χ2n) is 4.44. The fraction of sp³-hybridized carbons (Fsp3) is 1.00. The summed E-state index contributed by atoms with van der Waals surface area (Å²) in [4.78, 5) is 2.56. The zero-order valence-corrected chi connectivity index (χ0v) is 9.39. The van der Waals surface area contributed by atoms with Crippen molar-refractivity contribution < 1.29 is 0 Å². The Balaban J connectivity index is 1.77. The Labute approximate surface area is 83.5 Å². The molecule has 0 aromatic rings. The van der Waals surface area contributed by atoms with Gasteiger partial charge in [-0.1, -0.05) is 45.4 Å². The standard InChI is InChI=1S/C12H25N/c1-3-4-5-6-7-8-9-12(2)13-10-11-13/h12H,3-11H2,1-2H3. The molecule has 0 amide bonds. The van der Waals surface area contributed by atoms with Crippen molar-refractivity contribution in [3.8, 4) is 0 Å². The Kier molecular flexibility index (Phi) is 5.45. The van der Waals surface area contributed by atoms with Crippen molar-refractivity contribution in [1.29, 1.82) is 0 Å². The summed E-state index contributed by atoms with van der Waals surface area (Å²) in [5.41, 5.74) is 0. The van der Waals surface area contributed by atoms with E-state index in [1.54, 1.807) is 0 Å². The van der Waals surface area contributed by atoms with Gasteiger partial charge in [-0.05, 0) is 13.3 Å². The molecule has 1 nitrogen and oxygen atoms in total. The highest BCUT2D eigenvalue weighted by atomic mass is 15.3. The number of unbranched alkanes of at least 4 members (excludes halogenated alkanes) is 5. The molecule has 0 saturated carbocycles. The van der Waals surface area contributed by atoms with Crippen LogP contribution in [0.4, 0.5) is 0 Å². The maximum atomic E-state index is 2.56. The molecule has 1 fully saturated rings. The molecular formula is C12H25N. The quantitative estimate of drug-likeness (QED) is 0.411. The number of nitrogens with zero attached hydrogens (tertiary/aromatic N) is 1. The molecule has 0 aliphatic carbocycles. The van der Waals surface area contributed by atoms with Gasteiger partial charge in [0.15, 0.2) is 0 Å². The molecule has 1 aliphatic heterocycles. The van der Waals surface area contributed by atoms with E-state index < -0.39 is 0 Å². The molecule has 0 bridgehead atoms. The van der Waals surface area contributed by atoms with E-state index in [0.717, 1.165) is 6.04 Å². The van der Waals surface area contributed by atoms with E-state index >= 15 is 0 Å². The summed E-state index contributed by atoms with van der Waals surface area (Å²) in [6.07, 6.45) is 10.0. The molecule has 1 unspecified atom stereocenters. The third-order valence-corrected chi connectivity index (χ3v) is 3.08. The number of rotatable bonds is 8.